The van der Waals surface area contributed by atoms with Gasteiger partial charge in [0.25, 0.3) is 6.29 Å². The molecule has 0 saturated carbocycles. The van der Waals surface area contributed by atoms with Gasteiger partial charge in [-0.3, -0.25) is 15.0 Å². The summed E-state index contributed by atoms with van der Waals surface area (Å²) in [5, 5.41) is 12.0. The summed E-state index contributed by atoms with van der Waals surface area (Å²) in [5.41, 5.74) is 1.53. The Kier molecular flexibility index (Phi) is 7.01. The first-order chi connectivity index (χ1) is 16.9. The summed E-state index contributed by atoms with van der Waals surface area (Å²) in [5.74, 6) is 1.01. The van der Waals surface area contributed by atoms with Gasteiger partial charge in [0.05, 0.1) is 12.3 Å². The lowest BCUT2D eigenvalue weighted by Crippen LogP contribution is -2.33. The summed E-state index contributed by atoms with van der Waals surface area (Å²) in [6.07, 6.45) is 4.64. The monoisotopic (exact) mass is 478 g/mol. The minimum absolute atomic E-state index is 0.0960. The number of hydrogen-bond donors (Lipinski definition) is 1. The molecule has 11 heteroatoms. The molecule has 1 N–H and O–H groups in total. The maximum atomic E-state index is 12.9. The Labute approximate surface area is 202 Å². The molecule has 0 aliphatic carbocycles. The number of nitrogens with zero attached hydrogens (tertiary/aromatic N) is 5. The first-order valence-electron chi connectivity index (χ1n) is 11.2. The highest BCUT2D eigenvalue weighted by Gasteiger charge is 2.27. The van der Waals surface area contributed by atoms with Crippen LogP contribution >= 0.6 is 0 Å². The van der Waals surface area contributed by atoms with Crippen molar-refractivity contribution in [1.29, 1.82) is 5.26 Å². The summed E-state index contributed by atoms with van der Waals surface area (Å²) in [7, 11) is 1.56. The number of pyridine rings is 2. The van der Waals surface area contributed by atoms with E-state index < -0.39 is 12.3 Å². The van der Waals surface area contributed by atoms with Crippen LogP contribution in [0.25, 0.3) is 0 Å². The van der Waals surface area contributed by atoms with Crippen molar-refractivity contribution < 1.29 is 23.8 Å². The van der Waals surface area contributed by atoms with Crippen LogP contribution in [0.3, 0.4) is 0 Å². The van der Waals surface area contributed by atoms with E-state index in [0.717, 1.165) is 12.0 Å². The van der Waals surface area contributed by atoms with Crippen LogP contribution in [-0.4, -0.2) is 46.5 Å². The molecular formula is C24H26N6O5. The van der Waals surface area contributed by atoms with E-state index in [9.17, 15) is 14.9 Å². The first kappa shape index (κ1) is 23.8. The van der Waals surface area contributed by atoms with Gasteiger partial charge in [-0.1, -0.05) is 6.07 Å². The summed E-state index contributed by atoms with van der Waals surface area (Å²) >= 11 is 0. The van der Waals surface area contributed by atoms with Gasteiger partial charge < -0.3 is 19.1 Å². The fourth-order valence-electron chi connectivity index (χ4n) is 3.70. The molecule has 2 aliphatic heterocycles. The Balaban J connectivity index is 1.54. The number of carbonyl (C=O) groups excluding carboxylic acids is 2. The second-order valence-electron chi connectivity index (χ2n) is 8.34. The molecule has 2 aliphatic rings. The zero-order valence-electron chi connectivity index (χ0n) is 19.7. The lowest BCUT2D eigenvalue weighted by molar-refractivity contribution is -0.128. The van der Waals surface area contributed by atoms with Crippen LogP contribution in [0, 0.1) is 11.3 Å². The quantitative estimate of drug-likeness (QED) is 0.640. The topological polar surface area (TPSA) is 130 Å². The van der Waals surface area contributed by atoms with Gasteiger partial charge in [-0.2, -0.15) is 5.26 Å². The van der Waals surface area contributed by atoms with Crippen LogP contribution in [0.5, 0.6) is 5.75 Å². The molecule has 2 aromatic rings. The molecular weight excluding hydrogens is 452 g/mol. The van der Waals surface area contributed by atoms with Crippen LogP contribution in [0.2, 0.25) is 0 Å². The molecule has 4 heterocycles. The number of hydrogen-bond acceptors (Lipinski definition) is 8. The number of aromatic nitrogens is 2. The van der Waals surface area contributed by atoms with Crippen LogP contribution in [-0.2, 0) is 20.8 Å². The number of nitrogens with one attached hydrogen (secondary N) is 1. The van der Waals surface area contributed by atoms with Crippen molar-refractivity contribution in [3.05, 3.63) is 53.7 Å². The minimum atomic E-state index is -0.768. The van der Waals surface area contributed by atoms with Crippen LogP contribution in [0.1, 0.15) is 49.8 Å². The van der Waals surface area contributed by atoms with Gasteiger partial charge in [0.15, 0.2) is 0 Å². The van der Waals surface area contributed by atoms with Crippen molar-refractivity contribution in [2.45, 2.75) is 45.6 Å². The zero-order valence-corrected chi connectivity index (χ0v) is 19.7. The predicted molar refractivity (Wildman–Crippen MR) is 125 cm³/mol. The van der Waals surface area contributed by atoms with E-state index in [4.69, 9.17) is 14.2 Å². The van der Waals surface area contributed by atoms with E-state index in [1.54, 1.807) is 18.0 Å². The molecule has 182 valence electrons. The molecule has 0 atom stereocenters. The molecule has 0 bridgehead atoms. The highest BCUT2D eigenvalue weighted by molar-refractivity contribution is 6.00. The number of anilines is 2. The second-order valence-corrected chi connectivity index (χ2v) is 8.34. The number of nitriles is 1. The fourth-order valence-corrected chi connectivity index (χ4v) is 3.70. The SMILES string of the molecule is CC(C)Oc1cc(NC(=O)N(C)c2ccc(CN3CCCC3=O)c(C3OC=CO3)n2)ncc1C#N. The minimum Gasteiger partial charge on any atom is -0.489 e. The van der Waals surface area contributed by atoms with Crippen molar-refractivity contribution in [3.8, 4) is 11.8 Å². The van der Waals surface area contributed by atoms with E-state index in [-0.39, 0.29) is 23.4 Å². The zero-order chi connectivity index (χ0) is 24.9. The molecule has 11 nitrogen and oxygen atoms in total. The van der Waals surface area contributed by atoms with Gasteiger partial charge in [0.1, 0.15) is 47.2 Å². The van der Waals surface area contributed by atoms with Crippen molar-refractivity contribution in [3.63, 3.8) is 0 Å². The lowest BCUT2D eigenvalue weighted by atomic mass is 10.1. The Morgan fingerprint density at radius 2 is 2.14 bits per heavy atom. The fraction of sp³-hybridized carbons (Fsp3) is 0.375. The molecule has 35 heavy (non-hydrogen) atoms. The Hall–Kier alpha value is -4.33. The molecule has 4 rings (SSSR count). The van der Waals surface area contributed by atoms with Crippen LogP contribution in [0.4, 0.5) is 16.4 Å². The van der Waals surface area contributed by atoms with Gasteiger partial charge in [-0.05, 0) is 26.3 Å². The summed E-state index contributed by atoms with van der Waals surface area (Å²) in [4.78, 5) is 36.9. The van der Waals surface area contributed by atoms with Crippen molar-refractivity contribution in [2.75, 3.05) is 23.8 Å². The second kappa shape index (κ2) is 10.3. The van der Waals surface area contributed by atoms with Crippen molar-refractivity contribution in [2.24, 2.45) is 0 Å². The third-order valence-corrected chi connectivity index (χ3v) is 5.45. The Morgan fingerprint density at radius 3 is 2.80 bits per heavy atom. The maximum absolute atomic E-state index is 12.9. The number of amides is 3. The number of ether oxygens (including phenoxy) is 3. The van der Waals surface area contributed by atoms with Gasteiger partial charge >= 0.3 is 6.03 Å². The van der Waals surface area contributed by atoms with Gasteiger partial charge in [0, 0.05) is 38.2 Å². The normalized spacial score (nSPS) is 15.1. The molecule has 3 amide bonds. The van der Waals surface area contributed by atoms with Crippen molar-refractivity contribution >= 4 is 23.6 Å². The molecule has 0 aromatic carbocycles. The van der Waals surface area contributed by atoms with E-state index in [2.05, 4.69) is 15.3 Å². The highest BCUT2D eigenvalue weighted by atomic mass is 16.7. The standard InChI is InChI=1S/C24H26N6O5/c1-15(2)35-18-11-19(26-13-17(18)12-25)27-24(32)29(3)20-7-6-16(14-30-8-4-5-21(30)31)22(28-20)23-33-9-10-34-23/h6-7,9-11,13,15,23H,4-5,8,14H2,1-3H3,(H,26,27,32). The average Bonchev–Trinajstić information content (AvgIpc) is 3.51. The summed E-state index contributed by atoms with van der Waals surface area (Å²) in [6.45, 7) is 4.75. The highest BCUT2D eigenvalue weighted by Crippen LogP contribution is 2.29. The van der Waals surface area contributed by atoms with Crippen LogP contribution < -0.4 is 15.0 Å². The predicted octanol–water partition coefficient (Wildman–Crippen LogP) is 3.44. The largest absolute Gasteiger partial charge is 0.489 e. The first-order valence-corrected chi connectivity index (χ1v) is 11.2. The Morgan fingerprint density at radius 1 is 1.37 bits per heavy atom. The molecule has 1 fully saturated rings. The molecule has 0 radical (unpaired) electrons. The number of likely N-dealkylation sites (tertiary alicyclic amines) is 1. The third-order valence-electron chi connectivity index (χ3n) is 5.45. The van der Waals surface area contributed by atoms with E-state index in [1.165, 1.54) is 29.7 Å². The lowest BCUT2D eigenvalue weighted by Gasteiger charge is -2.23. The Bertz CT molecular complexity index is 1180. The van der Waals surface area contributed by atoms with E-state index >= 15 is 0 Å². The number of urea groups is 1. The summed E-state index contributed by atoms with van der Waals surface area (Å²) in [6, 6.07) is 6.54. The van der Waals surface area contributed by atoms with E-state index in [1.807, 2.05) is 26.0 Å². The van der Waals surface area contributed by atoms with E-state index in [0.29, 0.717) is 36.8 Å². The van der Waals surface area contributed by atoms with Gasteiger partial charge in [-0.25, -0.2) is 14.8 Å². The number of carbonyl (C=O) groups is 2. The average molecular weight is 479 g/mol. The molecule has 2 aromatic heterocycles. The van der Waals surface area contributed by atoms with Crippen LogP contribution in [0.15, 0.2) is 36.9 Å². The van der Waals surface area contributed by atoms with Gasteiger partial charge in [0.2, 0.25) is 5.91 Å². The van der Waals surface area contributed by atoms with Crippen molar-refractivity contribution in [1.82, 2.24) is 14.9 Å². The molecule has 0 unspecified atom stereocenters. The molecule has 1 saturated heterocycles. The maximum Gasteiger partial charge on any atom is 0.328 e. The van der Waals surface area contributed by atoms with Gasteiger partial charge in [-0.15, -0.1) is 0 Å². The molecule has 0 spiro atoms. The summed E-state index contributed by atoms with van der Waals surface area (Å²) < 4.78 is 16.6. The number of rotatable bonds is 7. The third kappa shape index (κ3) is 5.43. The smallest absolute Gasteiger partial charge is 0.328 e.